The zero-order valence-electron chi connectivity index (χ0n) is 9.53. The van der Waals surface area contributed by atoms with Crippen molar-refractivity contribution >= 4 is 5.91 Å². The molecular formula is C10H21N3O2. The van der Waals surface area contributed by atoms with E-state index in [-0.39, 0.29) is 5.91 Å². The van der Waals surface area contributed by atoms with E-state index in [1.54, 1.807) is 0 Å². The summed E-state index contributed by atoms with van der Waals surface area (Å²) < 4.78 is 5.18. The minimum absolute atomic E-state index is 0.0920. The number of morpholine rings is 1. The first-order chi connectivity index (χ1) is 7.09. The van der Waals surface area contributed by atoms with Crippen LogP contribution in [0.15, 0.2) is 0 Å². The predicted molar refractivity (Wildman–Crippen MR) is 58.0 cm³/mol. The second-order valence-corrected chi connectivity index (χ2v) is 4.31. The van der Waals surface area contributed by atoms with E-state index in [2.05, 4.69) is 19.3 Å². The first kappa shape index (κ1) is 12.4. The SMILES string of the molecule is CC(C)CC(N)C(=O)NN1CCOCC1. The third kappa shape index (κ3) is 4.59. The van der Waals surface area contributed by atoms with Crippen molar-refractivity contribution < 1.29 is 9.53 Å². The highest BCUT2D eigenvalue weighted by atomic mass is 16.5. The molecular weight excluding hydrogens is 194 g/mol. The molecule has 0 spiro atoms. The Balaban J connectivity index is 2.27. The van der Waals surface area contributed by atoms with Crippen molar-refractivity contribution in [2.45, 2.75) is 26.3 Å². The molecule has 0 bridgehead atoms. The summed E-state index contributed by atoms with van der Waals surface area (Å²) in [5, 5.41) is 1.87. The second-order valence-electron chi connectivity index (χ2n) is 4.31. The molecule has 0 aromatic heterocycles. The maximum atomic E-state index is 11.6. The van der Waals surface area contributed by atoms with Crippen LogP contribution in [0.25, 0.3) is 0 Å². The van der Waals surface area contributed by atoms with E-state index in [0.717, 1.165) is 19.5 Å². The average Bonchev–Trinajstić information content (AvgIpc) is 2.18. The lowest BCUT2D eigenvalue weighted by molar-refractivity contribution is -0.129. The maximum Gasteiger partial charge on any atom is 0.251 e. The van der Waals surface area contributed by atoms with Gasteiger partial charge in [-0.25, -0.2) is 5.01 Å². The molecule has 5 nitrogen and oxygen atoms in total. The van der Waals surface area contributed by atoms with E-state index in [0.29, 0.717) is 19.1 Å². The molecule has 1 rings (SSSR count). The van der Waals surface area contributed by atoms with Crippen LogP contribution in [0.2, 0.25) is 0 Å². The Morgan fingerprint density at radius 1 is 1.47 bits per heavy atom. The number of carbonyl (C=O) groups excluding carboxylic acids is 1. The van der Waals surface area contributed by atoms with Crippen LogP contribution in [-0.4, -0.2) is 43.3 Å². The molecule has 0 saturated carbocycles. The Morgan fingerprint density at radius 3 is 2.60 bits per heavy atom. The number of nitrogens with zero attached hydrogens (tertiary/aromatic N) is 1. The van der Waals surface area contributed by atoms with Gasteiger partial charge in [0.05, 0.1) is 19.3 Å². The number of carbonyl (C=O) groups is 1. The lowest BCUT2D eigenvalue weighted by Gasteiger charge is -2.28. The van der Waals surface area contributed by atoms with Gasteiger partial charge in [0.1, 0.15) is 0 Å². The van der Waals surface area contributed by atoms with Crippen molar-refractivity contribution in [2.24, 2.45) is 11.7 Å². The van der Waals surface area contributed by atoms with Crippen molar-refractivity contribution in [2.75, 3.05) is 26.3 Å². The van der Waals surface area contributed by atoms with Crippen LogP contribution in [0.4, 0.5) is 0 Å². The van der Waals surface area contributed by atoms with E-state index in [1.165, 1.54) is 0 Å². The van der Waals surface area contributed by atoms with Crippen molar-refractivity contribution in [3.63, 3.8) is 0 Å². The molecule has 15 heavy (non-hydrogen) atoms. The number of ether oxygens (including phenoxy) is 1. The summed E-state index contributed by atoms with van der Waals surface area (Å²) >= 11 is 0. The number of hydrazine groups is 1. The zero-order chi connectivity index (χ0) is 11.3. The average molecular weight is 215 g/mol. The molecule has 0 aliphatic carbocycles. The standard InChI is InChI=1S/C10H21N3O2/c1-8(2)7-9(11)10(14)12-13-3-5-15-6-4-13/h8-9H,3-7,11H2,1-2H3,(H,12,14). The molecule has 0 aromatic carbocycles. The lowest BCUT2D eigenvalue weighted by atomic mass is 10.0. The molecule has 0 radical (unpaired) electrons. The van der Waals surface area contributed by atoms with Crippen molar-refractivity contribution in [3.8, 4) is 0 Å². The van der Waals surface area contributed by atoms with Gasteiger partial charge < -0.3 is 10.5 Å². The largest absolute Gasteiger partial charge is 0.379 e. The first-order valence-corrected chi connectivity index (χ1v) is 5.48. The molecule has 1 heterocycles. The van der Waals surface area contributed by atoms with Gasteiger partial charge in [-0.2, -0.15) is 0 Å². The fraction of sp³-hybridized carbons (Fsp3) is 0.900. The van der Waals surface area contributed by atoms with E-state index in [1.807, 2.05) is 5.01 Å². The van der Waals surface area contributed by atoms with Crippen LogP contribution in [-0.2, 0) is 9.53 Å². The Bertz CT molecular complexity index is 203. The summed E-state index contributed by atoms with van der Waals surface area (Å²) in [6.07, 6.45) is 0.718. The summed E-state index contributed by atoms with van der Waals surface area (Å²) in [6, 6.07) is -0.409. The quantitative estimate of drug-likeness (QED) is 0.677. The normalized spacial score (nSPS) is 20.3. The molecule has 1 saturated heterocycles. The fourth-order valence-electron chi connectivity index (χ4n) is 1.53. The Morgan fingerprint density at radius 2 is 2.07 bits per heavy atom. The molecule has 5 heteroatoms. The highest BCUT2D eigenvalue weighted by Crippen LogP contribution is 2.03. The number of hydrogen-bond donors (Lipinski definition) is 2. The highest BCUT2D eigenvalue weighted by Gasteiger charge is 2.18. The van der Waals surface area contributed by atoms with Gasteiger partial charge in [-0.1, -0.05) is 13.8 Å². The van der Waals surface area contributed by atoms with Crippen LogP contribution >= 0.6 is 0 Å². The van der Waals surface area contributed by atoms with Gasteiger partial charge in [-0.15, -0.1) is 0 Å². The number of rotatable bonds is 4. The fourth-order valence-corrected chi connectivity index (χ4v) is 1.53. The molecule has 1 amide bonds. The Hall–Kier alpha value is -0.650. The van der Waals surface area contributed by atoms with Gasteiger partial charge in [-0.3, -0.25) is 10.2 Å². The lowest BCUT2D eigenvalue weighted by Crippen LogP contribution is -2.53. The van der Waals surface area contributed by atoms with Gasteiger partial charge in [0.2, 0.25) is 0 Å². The molecule has 3 N–H and O–H groups in total. The molecule has 88 valence electrons. The third-order valence-corrected chi connectivity index (χ3v) is 2.34. The predicted octanol–water partition coefficient (Wildman–Crippen LogP) is -0.277. The maximum absolute atomic E-state index is 11.6. The summed E-state index contributed by atoms with van der Waals surface area (Å²) in [5.41, 5.74) is 8.58. The molecule has 1 aliphatic heterocycles. The van der Waals surface area contributed by atoms with Crippen LogP contribution in [0, 0.1) is 5.92 Å². The van der Waals surface area contributed by atoms with Crippen LogP contribution < -0.4 is 11.2 Å². The smallest absolute Gasteiger partial charge is 0.251 e. The summed E-state index contributed by atoms with van der Waals surface area (Å²) in [4.78, 5) is 11.6. The molecule has 1 atom stereocenters. The zero-order valence-corrected chi connectivity index (χ0v) is 9.53. The minimum atomic E-state index is -0.409. The van der Waals surface area contributed by atoms with E-state index >= 15 is 0 Å². The Kier molecular flexibility index (Phi) is 5.01. The summed E-state index contributed by atoms with van der Waals surface area (Å²) in [6.45, 7) is 6.92. The van der Waals surface area contributed by atoms with Gasteiger partial charge in [-0.05, 0) is 12.3 Å². The molecule has 1 unspecified atom stereocenters. The number of amides is 1. The Labute approximate surface area is 90.9 Å². The molecule has 0 aromatic rings. The minimum Gasteiger partial charge on any atom is -0.379 e. The topological polar surface area (TPSA) is 67.6 Å². The van der Waals surface area contributed by atoms with Crippen molar-refractivity contribution in [1.82, 2.24) is 10.4 Å². The van der Waals surface area contributed by atoms with Gasteiger partial charge >= 0.3 is 0 Å². The van der Waals surface area contributed by atoms with Crippen molar-refractivity contribution in [3.05, 3.63) is 0 Å². The number of hydrogen-bond acceptors (Lipinski definition) is 4. The monoisotopic (exact) mass is 215 g/mol. The van der Waals surface area contributed by atoms with Crippen LogP contribution in [0.5, 0.6) is 0 Å². The van der Waals surface area contributed by atoms with Gasteiger partial charge in [0.15, 0.2) is 0 Å². The third-order valence-electron chi connectivity index (χ3n) is 2.34. The summed E-state index contributed by atoms with van der Waals surface area (Å²) in [5.74, 6) is 0.348. The second kappa shape index (κ2) is 6.05. The first-order valence-electron chi connectivity index (χ1n) is 5.48. The highest BCUT2D eigenvalue weighted by molar-refractivity contribution is 5.80. The van der Waals surface area contributed by atoms with E-state index in [4.69, 9.17) is 10.5 Å². The van der Waals surface area contributed by atoms with Crippen LogP contribution in [0.3, 0.4) is 0 Å². The van der Waals surface area contributed by atoms with Gasteiger partial charge in [0, 0.05) is 13.1 Å². The molecule has 1 aliphatic rings. The van der Waals surface area contributed by atoms with Crippen molar-refractivity contribution in [1.29, 1.82) is 0 Å². The summed E-state index contributed by atoms with van der Waals surface area (Å²) in [7, 11) is 0. The molecule has 1 fully saturated rings. The van der Waals surface area contributed by atoms with Gasteiger partial charge in [0.25, 0.3) is 5.91 Å². The number of nitrogens with one attached hydrogen (secondary N) is 1. The van der Waals surface area contributed by atoms with E-state index in [9.17, 15) is 4.79 Å². The van der Waals surface area contributed by atoms with Crippen LogP contribution in [0.1, 0.15) is 20.3 Å². The number of nitrogens with two attached hydrogens (primary N) is 1. The van der Waals surface area contributed by atoms with E-state index < -0.39 is 6.04 Å².